The van der Waals surface area contributed by atoms with Crippen molar-refractivity contribution in [2.75, 3.05) is 5.73 Å². The summed E-state index contributed by atoms with van der Waals surface area (Å²) in [6.45, 7) is 1.95. The predicted octanol–water partition coefficient (Wildman–Crippen LogP) is 4.49. The Labute approximate surface area is 137 Å². The van der Waals surface area contributed by atoms with Crippen LogP contribution in [0.15, 0.2) is 33.3 Å². The molecule has 0 radical (unpaired) electrons. The Morgan fingerprint density at radius 3 is 2.75 bits per heavy atom. The van der Waals surface area contributed by atoms with Crippen molar-refractivity contribution >= 4 is 60.6 Å². The number of pyridine rings is 1. The van der Waals surface area contributed by atoms with Gasteiger partial charge in [-0.15, -0.1) is 0 Å². The summed E-state index contributed by atoms with van der Waals surface area (Å²) in [6.07, 6.45) is 1.71. The number of halogens is 3. The largest absolute Gasteiger partial charge is 0.369 e. The number of anilines is 1. The molecule has 2 aromatic heterocycles. The molecule has 1 aromatic carbocycles. The van der Waals surface area contributed by atoms with Crippen LogP contribution in [-0.2, 0) is 0 Å². The normalized spacial score (nSPS) is 11.2. The lowest BCUT2D eigenvalue weighted by Gasteiger charge is -2.10. The number of fused-ring (bicyclic) bond motifs is 1. The fraction of sp³-hybridized carbons (Fsp3) is 0.0769. The number of nitrogens with two attached hydrogens (primary N) is 1. The van der Waals surface area contributed by atoms with Gasteiger partial charge in [-0.25, -0.2) is 9.97 Å². The van der Waals surface area contributed by atoms with E-state index in [2.05, 4.69) is 41.8 Å². The van der Waals surface area contributed by atoms with Crippen LogP contribution in [0, 0.1) is 6.92 Å². The van der Waals surface area contributed by atoms with Crippen molar-refractivity contribution in [3.63, 3.8) is 0 Å². The first-order valence-corrected chi connectivity index (χ1v) is 7.69. The van der Waals surface area contributed by atoms with Gasteiger partial charge in [0.2, 0.25) is 5.95 Å². The zero-order valence-electron chi connectivity index (χ0n) is 10.4. The molecule has 0 saturated heterocycles. The Balaban J connectivity index is 2.35. The van der Waals surface area contributed by atoms with Gasteiger partial charge in [-0.2, -0.15) is 0 Å². The predicted molar refractivity (Wildman–Crippen MR) is 88.4 cm³/mol. The first-order chi connectivity index (χ1) is 9.47. The van der Waals surface area contributed by atoms with Crippen LogP contribution in [0.4, 0.5) is 5.95 Å². The lowest BCUT2D eigenvalue weighted by atomic mass is 10.2. The van der Waals surface area contributed by atoms with E-state index in [0.29, 0.717) is 16.6 Å². The van der Waals surface area contributed by atoms with E-state index in [1.807, 2.05) is 25.1 Å². The topological polar surface area (TPSA) is 56.7 Å². The first kappa shape index (κ1) is 13.9. The smallest absolute Gasteiger partial charge is 0.207 e. The highest BCUT2D eigenvalue weighted by Gasteiger charge is 2.15. The molecule has 0 aliphatic rings. The number of aryl methyl sites for hydroxylation is 1. The molecule has 3 rings (SSSR count). The lowest BCUT2D eigenvalue weighted by molar-refractivity contribution is 1.07. The van der Waals surface area contributed by atoms with E-state index >= 15 is 0 Å². The molecule has 0 saturated carbocycles. The van der Waals surface area contributed by atoms with Crippen molar-refractivity contribution in [2.24, 2.45) is 0 Å². The van der Waals surface area contributed by atoms with Gasteiger partial charge < -0.3 is 5.73 Å². The molecule has 3 aromatic rings. The molecular weight excluding hydrogens is 407 g/mol. The van der Waals surface area contributed by atoms with Gasteiger partial charge in [0, 0.05) is 20.2 Å². The molecule has 4 nitrogen and oxygen atoms in total. The molecule has 102 valence electrons. The average molecular weight is 417 g/mol. The van der Waals surface area contributed by atoms with E-state index in [4.69, 9.17) is 17.3 Å². The van der Waals surface area contributed by atoms with Gasteiger partial charge >= 0.3 is 0 Å². The lowest BCUT2D eigenvalue weighted by Crippen LogP contribution is -2.02. The summed E-state index contributed by atoms with van der Waals surface area (Å²) in [5.41, 5.74) is 9.24. The van der Waals surface area contributed by atoms with Gasteiger partial charge in [-0.3, -0.25) is 4.57 Å². The maximum absolute atomic E-state index is 6.21. The molecule has 0 bridgehead atoms. The molecule has 0 unspecified atom stereocenters. The van der Waals surface area contributed by atoms with E-state index in [-0.39, 0.29) is 0 Å². The van der Waals surface area contributed by atoms with E-state index in [0.717, 1.165) is 25.7 Å². The van der Waals surface area contributed by atoms with Crippen molar-refractivity contribution in [1.29, 1.82) is 0 Å². The highest BCUT2D eigenvalue weighted by Crippen LogP contribution is 2.32. The van der Waals surface area contributed by atoms with Crippen LogP contribution in [0.25, 0.3) is 16.9 Å². The van der Waals surface area contributed by atoms with Gasteiger partial charge in [-0.05, 0) is 62.5 Å². The van der Waals surface area contributed by atoms with Gasteiger partial charge in [-0.1, -0.05) is 11.6 Å². The van der Waals surface area contributed by atoms with Crippen molar-refractivity contribution in [3.8, 4) is 5.69 Å². The van der Waals surface area contributed by atoms with Crippen molar-refractivity contribution in [1.82, 2.24) is 14.5 Å². The minimum absolute atomic E-state index is 0.367. The standard InChI is InChI=1S/C13H9Br2ClN4/c1-6-2-8(15)11(4-9(6)16)20-12-10(19-13(20)17)3-7(14)5-18-12/h2-5H,1H3,(H2,17,19). The van der Waals surface area contributed by atoms with Gasteiger partial charge in [0.05, 0.1) is 5.69 Å². The Morgan fingerprint density at radius 1 is 1.25 bits per heavy atom. The quantitative estimate of drug-likeness (QED) is 0.636. The van der Waals surface area contributed by atoms with Crippen LogP contribution >= 0.6 is 43.5 Å². The number of hydrogen-bond donors (Lipinski definition) is 1. The van der Waals surface area contributed by atoms with E-state index in [1.165, 1.54) is 0 Å². The minimum atomic E-state index is 0.367. The highest BCUT2D eigenvalue weighted by molar-refractivity contribution is 9.10. The fourth-order valence-electron chi connectivity index (χ4n) is 2.00. The number of benzene rings is 1. The number of hydrogen-bond acceptors (Lipinski definition) is 3. The second kappa shape index (κ2) is 5.02. The summed E-state index contributed by atoms with van der Waals surface area (Å²) in [6, 6.07) is 5.67. The molecule has 0 aliphatic carbocycles. The maximum Gasteiger partial charge on any atom is 0.207 e. The summed E-state index contributed by atoms with van der Waals surface area (Å²) in [7, 11) is 0. The highest BCUT2D eigenvalue weighted by atomic mass is 79.9. The zero-order chi connectivity index (χ0) is 14.4. The summed E-state index contributed by atoms with van der Waals surface area (Å²) < 4.78 is 3.52. The van der Waals surface area contributed by atoms with E-state index in [1.54, 1.807) is 10.8 Å². The van der Waals surface area contributed by atoms with Crippen LogP contribution in [0.1, 0.15) is 5.56 Å². The molecule has 2 heterocycles. The molecular formula is C13H9Br2ClN4. The Morgan fingerprint density at radius 2 is 2.00 bits per heavy atom. The third-order valence-corrected chi connectivity index (χ3v) is 4.43. The summed E-state index contributed by atoms with van der Waals surface area (Å²) in [5, 5.41) is 0.668. The third-order valence-electron chi connectivity index (χ3n) is 2.96. The summed E-state index contributed by atoms with van der Waals surface area (Å²) in [5.74, 6) is 0.367. The monoisotopic (exact) mass is 414 g/mol. The molecule has 0 amide bonds. The van der Waals surface area contributed by atoms with Crippen LogP contribution in [0.5, 0.6) is 0 Å². The molecule has 0 spiro atoms. The number of nitrogen functional groups attached to an aromatic ring is 1. The van der Waals surface area contributed by atoms with Crippen LogP contribution in [0.3, 0.4) is 0 Å². The van der Waals surface area contributed by atoms with Crippen LogP contribution < -0.4 is 5.73 Å². The van der Waals surface area contributed by atoms with E-state index < -0.39 is 0 Å². The second-order valence-corrected chi connectivity index (χ2v) is 6.53. The molecule has 20 heavy (non-hydrogen) atoms. The number of nitrogens with zero attached hydrogens (tertiary/aromatic N) is 3. The molecule has 7 heteroatoms. The molecule has 2 N–H and O–H groups in total. The SMILES string of the molecule is Cc1cc(Br)c(-n2c(N)nc3cc(Br)cnc32)cc1Cl. The minimum Gasteiger partial charge on any atom is -0.369 e. The van der Waals surface area contributed by atoms with Gasteiger partial charge in [0.25, 0.3) is 0 Å². The van der Waals surface area contributed by atoms with Crippen LogP contribution in [0.2, 0.25) is 5.02 Å². The zero-order valence-corrected chi connectivity index (χ0v) is 14.3. The summed E-state index contributed by atoms with van der Waals surface area (Å²) in [4.78, 5) is 8.71. The molecule has 0 atom stereocenters. The average Bonchev–Trinajstić information content (AvgIpc) is 2.69. The summed E-state index contributed by atoms with van der Waals surface area (Å²) >= 11 is 13.1. The van der Waals surface area contributed by atoms with Gasteiger partial charge in [0.15, 0.2) is 5.65 Å². The number of aromatic nitrogens is 3. The number of rotatable bonds is 1. The third kappa shape index (κ3) is 2.21. The van der Waals surface area contributed by atoms with Crippen LogP contribution in [-0.4, -0.2) is 14.5 Å². The molecule has 0 aliphatic heterocycles. The fourth-order valence-corrected chi connectivity index (χ4v) is 3.11. The van der Waals surface area contributed by atoms with Gasteiger partial charge in [0.1, 0.15) is 5.52 Å². The first-order valence-electron chi connectivity index (χ1n) is 5.73. The van der Waals surface area contributed by atoms with E-state index in [9.17, 15) is 0 Å². The van der Waals surface area contributed by atoms with Crippen molar-refractivity contribution in [2.45, 2.75) is 6.92 Å². The maximum atomic E-state index is 6.21. The van der Waals surface area contributed by atoms with Crippen molar-refractivity contribution < 1.29 is 0 Å². The Kier molecular flexibility index (Phi) is 3.48. The molecule has 0 fully saturated rings. The second-order valence-electron chi connectivity index (χ2n) is 4.35. The Hall–Kier alpha value is -1.11. The Bertz CT molecular complexity index is 829. The van der Waals surface area contributed by atoms with Crippen molar-refractivity contribution in [3.05, 3.63) is 43.9 Å². The number of imidazole rings is 1.